The Balaban J connectivity index is 2.02. The summed E-state index contributed by atoms with van der Waals surface area (Å²) >= 11 is 0. The highest BCUT2D eigenvalue weighted by Crippen LogP contribution is 2.49. The minimum absolute atomic E-state index is 0.130. The maximum absolute atomic E-state index is 2.39. The van der Waals surface area contributed by atoms with Crippen molar-refractivity contribution >= 4 is 0 Å². The van der Waals surface area contributed by atoms with Crippen LogP contribution in [0.5, 0.6) is 0 Å². The molecule has 0 unspecified atom stereocenters. The van der Waals surface area contributed by atoms with Gasteiger partial charge in [0, 0.05) is 10.8 Å². The predicted molar refractivity (Wildman–Crippen MR) is 133 cm³/mol. The Hall–Kier alpha value is -3.12. The number of hydrogen-bond acceptors (Lipinski definition) is 0. The van der Waals surface area contributed by atoms with E-state index in [1.807, 2.05) is 0 Å². The van der Waals surface area contributed by atoms with E-state index < -0.39 is 0 Å². The van der Waals surface area contributed by atoms with E-state index in [0.29, 0.717) is 0 Å². The summed E-state index contributed by atoms with van der Waals surface area (Å²) in [5.41, 5.74) is 12.0. The van der Waals surface area contributed by atoms with Gasteiger partial charge in [0.2, 0.25) is 0 Å². The molecular weight excluding hydrogens is 372 g/mol. The number of aryl methyl sites for hydroxylation is 1. The van der Waals surface area contributed by atoms with Gasteiger partial charge in [-0.3, -0.25) is 0 Å². The molecule has 0 spiro atoms. The normalized spacial score (nSPS) is 15.8. The zero-order valence-electron chi connectivity index (χ0n) is 19.2. The van der Waals surface area contributed by atoms with E-state index >= 15 is 0 Å². The standard InChI is InChI=1S/C31H30/c1-21-13-12-20-28-29(21)31(4,5)27-19-11-9-17-25(27)23-15-7-6-14-22(23)24-16-8-10-18-26(24)30(28,2)3/h6-20H,1-5H3. The fraction of sp³-hybridized carbons (Fsp3) is 0.226. The highest BCUT2D eigenvalue weighted by Gasteiger charge is 2.37. The lowest BCUT2D eigenvalue weighted by Gasteiger charge is -2.39. The second kappa shape index (κ2) is 6.95. The van der Waals surface area contributed by atoms with Gasteiger partial charge in [-0.2, -0.15) is 0 Å². The molecule has 31 heavy (non-hydrogen) atoms. The van der Waals surface area contributed by atoms with E-state index in [1.54, 1.807) is 0 Å². The van der Waals surface area contributed by atoms with Crippen LogP contribution in [0.4, 0.5) is 0 Å². The molecular formula is C31H30. The first-order valence-electron chi connectivity index (χ1n) is 11.2. The third-order valence-electron chi connectivity index (χ3n) is 7.28. The fourth-order valence-corrected chi connectivity index (χ4v) is 5.78. The molecule has 0 radical (unpaired) electrons. The molecule has 0 N–H and O–H groups in total. The molecule has 0 bridgehead atoms. The van der Waals surface area contributed by atoms with Crippen molar-refractivity contribution < 1.29 is 0 Å². The molecule has 5 rings (SSSR count). The number of benzene rings is 4. The summed E-state index contributed by atoms with van der Waals surface area (Å²) in [6, 6.07) is 33.7. The first-order chi connectivity index (χ1) is 14.8. The summed E-state index contributed by atoms with van der Waals surface area (Å²) in [6.45, 7) is 11.8. The van der Waals surface area contributed by atoms with Gasteiger partial charge < -0.3 is 0 Å². The third-order valence-corrected chi connectivity index (χ3v) is 7.28. The summed E-state index contributed by atoms with van der Waals surface area (Å²) in [5.74, 6) is 0. The van der Waals surface area contributed by atoms with Crippen molar-refractivity contribution in [3.05, 3.63) is 119 Å². The SMILES string of the molecule is Cc1cccc2c1C(C)(C)c1ccccc1-c1ccccc1-c1ccccc1C2(C)C. The predicted octanol–water partition coefficient (Wildman–Crippen LogP) is 8.29. The minimum Gasteiger partial charge on any atom is -0.0619 e. The van der Waals surface area contributed by atoms with Crippen LogP contribution in [0.25, 0.3) is 22.3 Å². The quantitative estimate of drug-likeness (QED) is 0.277. The molecule has 0 fully saturated rings. The van der Waals surface area contributed by atoms with Crippen LogP contribution in [0.15, 0.2) is 91.0 Å². The molecule has 0 nitrogen and oxygen atoms in total. The maximum atomic E-state index is 2.39. The lowest BCUT2D eigenvalue weighted by atomic mass is 9.64. The van der Waals surface area contributed by atoms with Crippen LogP contribution in [0.1, 0.15) is 55.5 Å². The Morgan fingerprint density at radius 2 is 0.839 bits per heavy atom. The summed E-state index contributed by atoms with van der Waals surface area (Å²) in [5, 5.41) is 0. The molecule has 0 amide bonds. The minimum atomic E-state index is -0.131. The molecule has 0 saturated heterocycles. The summed E-state index contributed by atoms with van der Waals surface area (Å²) in [7, 11) is 0. The van der Waals surface area contributed by atoms with Crippen LogP contribution < -0.4 is 0 Å². The third kappa shape index (κ3) is 2.89. The highest BCUT2D eigenvalue weighted by atomic mass is 14.4. The van der Waals surface area contributed by atoms with Gasteiger partial charge in [-0.15, -0.1) is 0 Å². The van der Waals surface area contributed by atoms with E-state index in [0.717, 1.165) is 0 Å². The van der Waals surface area contributed by atoms with Gasteiger partial charge in [0.25, 0.3) is 0 Å². The second-order valence-electron chi connectivity index (χ2n) is 9.88. The molecule has 1 aliphatic rings. The molecule has 4 aromatic carbocycles. The van der Waals surface area contributed by atoms with Gasteiger partial charge in [0.05, 0.1) is 0 Å². The van der Waals surface area contributed by atoms with Gasteiger partial charge >= 0.3 is 0 Å². The zero-order valence-corrected chi connectivity index (χ0v) is 19.2. The number of hydrogen-bond donors (Lipinski definition) is 0. The van der Waals surface area contributed by atoms with Gasteiger partial charge in [0.15, 0.2) is 0 Å². The smallest absolute Gasteiger partial charge is 0.0158 e. The van der Waals surface area contributed by atoms with Crippen LogP contribution in [-0.4, -0.2) is 0 Å². The fourth-order valence-electron chi connectivity index (χ4n) is 5.78. The number of fused-ring (bicyclic) bond motifs is 6. The van der Waals surface area contributed by atoms with Gasteiger partial charge in [-0.1, -0.05) is 119 Å². The first kappa shape index (κ1) is 19.8. The van der Waals surface area contributed by atoms with Gasteiger partial charge in [0.1, 0.15) is 0 Å². The molecule has 0 heteroatoms. The summed E-state index contributed by atoms with van der Waals surface area (Å²) < 4.78 is 0. The maximum Gasteiger partial charge on any atom is 0.0158 e. The Morgan fingerprint density at radius 1 is 0.419 bits per heavy atom. The van der Waals surface area contributed by atoms with Gasteiger partial charge in [-0.25, -0.2) is 0 Å². The first-order valence-corrected chi connectivity index (χ1v) is 11.2. The lowest BCUT2D eigenvalue weighted by Crippen LogP contribution is -2.30. The average molecular weight is 403 g/mol. The Kier molecular flexibility index (Phi) is 4.45. The molecule has 0 aromatic heterocycles. The highest BCUT2D eigenvalue weighted by molar-refractivity contribution is 5.88. The van der Waals surface area contributed by atoms with Crippen molar-refractivity contribution in [3.63, 3.8) is 0 Å². The molecule has 0 heterocycles. The van der Waals surface area contributed by atoms with Crippen molar-refractivity contribution in [2.75, 3.05) is 0 Å². The van der Waals surface area contributed by atoms with Crippen LogP contribution in [-0.2, 0) is 10.8 Å². The molecule has 1 aliphatic carbocycles. The van der Waals surface area contributed by atoms with E-state index in [9.17, 15) is 0 Å². The van der Waals surface area contributed by atoms with E-state index in [-0.39, 0.29) is 10.8 Å². The molecule has 0 aliphatic heterocycles. The summed E-state index contributed by atoms with van der Waals surface area (Å²) in [6.07, 6.45) is 0. The lowest BCUT2D eigenvalue weighted by molar-refractivity contribution is 0.576. The van der Waals surface area contributed by atoms with Gasteiger partial charge in [-0.05, 0) is 57.0 Å². The van der Waals surface area contributed by atoms with Crippen molar-refractivity contribution in [3.8, 4) is 22.3 Å². The van der Waals surface area contributed by atoms with Crippen LogP contribution in [0.3, 0.4) is 0 Å². The van der Waals surface area contributed by atoms with Crippen LogP contribution in [0, 0.1) is 6.92 Å². The largest absolute Gasteiger partial charge is 0.0619 e. The zero-order chi connectivity index (χ0) is 21.8. The van der Waals surface area contributed by atoms with Crippen molar-refractivity contribution in [1.29, 1.82) is 0 Å². The average Bonchev–Trinajstić information content (AvgIpc) is 2.78. The van der Waals surface area contributed by atoms with Crippen molar-refractivity contribution in [2.24, 2.45) is 0 Å². The molecule has 0 saturated carbocycles. The van der Waals surface area contributed by atoms with E-state index in [4.69, 9.17) is 0 Å². The second-order valence-corrected chi connectivity index (χ2v) is 9.88. The molecule has 0 atom stereocenters. The van der Waals surface area contributed by atoms with E-state index in [1.165, 1.54) is 50.1 Å². The Morgan fingerprint density at radius 3 is 1.39 bits per heavy atom. The Bertz CT molecular complexity index is 1290. The van der Waals surface area contributed by atoms with Crippen molar-refractivity contribution in [2.45, 2.75) is 45.4 Å². The van der Waals surface area contributed by atoms with Crippen LogP contribution in [0.2, 0.25) is 0 Å². The Labute approximate surface area is 186 Å². The van der Waals surface area contributed by atoms with Crippen LogP contribution >= 0.6 is 0 Å². The topological polar surface area (TPSA) is 0 Å². The number of rotatable bonds is 0. The summed E-state index contributed by atoms with van der Waals surface area (Å²) in [4.78, 5) is 0. The van der Waals surface area contributed by atoms with Crippen molar-refractivity contribution in [1.82, 2.24) is 0 Å². The van der Waals surface area contributed by atoms with E-state index in [2.05, 4.69) is 126 Å². The molecule has 154 valence electrons. The monoisotopic (exact) mass is 402 g/mol. The molecule has 4 aromatic rings.